The quantitative estimate of drug-likeness (QED) is 0.337. The Balaban J connectivity index is 1.49. The standard InChI is InChI=1S/C26H24N2O4S/c1-31-24(30)17-20(21-13-8-16-33-21)27-22(29)14-15-23-28-25(18-9-4-2-5-10-18)26(32-23)19-11-6-3-7-12-19/h2-13,16,20H,14-15,17H2,1H3,(H,27,29). The lowest BCUT2D eigenvalue weighted by Gasteiger charge is -2.16. The van der Waals surface area contributed by atoms with Gasteiger partial charge in [-0.05, 0) is 11.4 Å². The molecule has 1 amide bonds. The molecule has 7 heteroatoms. The molecule has 1 unspecified atom stereocenters. The molecule has 0 aliphatic rings. The van der Waals surface area contributed by atoms with Crippen LogP contribution in [-0.2, 0) is 20.7 Å². The van der Waals surface area contributed by atoms with Crippen molar-refractivity contribution in [3.8, 4) is 22.6 Å². The molecule has 0 aliphatic carbocycles. The molecule has 0 saturated carbocycles. The smallest absolute Gasteiger partial charge is 0.307 e. The number of nitrogens with one attached hydrogen (secondary N) is 1. The first-order valence-corrected chi connectivity index (χ1v) is 11.5. The maximum atomic E-state index is 12.7. The highest BCUT2D eigenvalue weighted by molar-refractivity contribution is 7.10. The molecule has 0 fully saturated rings. The van der Waals surface area contributed by atoms with Crippen LogP contribution in [0.15, 0.2) is 82.6 Å². The van der Waals surface area contributed by atoms with Gasteiger partial charge in [-0.25, -0.2) is 4.98 Å². The summed E-state index contributed by atoms with van der Waals surface area (Å²) in [4.78, 5) is 30.1. The summed E-state index contributed by atoms with van der Waals surface area (Å²) in [5.41, 5.74) is 2.63. The van der Waals surface area contributed by atoms with Gasteiger partial charge in [-0.1, -0.05) is 66.7 Å². The van der Waals surface area contributed by atoms with Crippen molar-refractivity contribution in [2.24, 2.45) is 0 Å². The Kier molecular flexibility index (Phi) is 7.32. The number of methoxy groups -OCH3 is 1. The number of aryl methyl sites for hydroxylation is 1. The maximum absolute atomic E-state index is 12.7. The van der Waals surface area contributed by atoms with Gasteiger partial charge in [0.25, 0.3) is 0 Å². The van der Waals surface area contributed by atoms with Gasteiger partial charge in [0.05, 0.1) is 19.6 Å². The van der Waals surface area contributed by atoms with Gasteiger partial charge in [-0.15, -0.1) is 11.3 Å². The SMILES string of the molecule is COC(=O)CC(NC(=O)CCc1nc(-c2ccccc2)c(-c2ccccc2)o1)c1cccs1. The highest BCUT2D eigenvalue weighted by Gasteiger charge is 2.21. The molecule has 2 heterocycles. The predicted molar refractivity (Wildman–Crippen MR) is 128 cm³/mol. The molecule has 1 atom stereocenters. The molecule has 1 N–H and O–H groups in total. The summed E-state index contributed by atoms with van der Waals surface area (Å²) in [6.07, 6.45) is 0.609. The van der Waals surface area contributed by atoms with Crippen LogP contribution < -0.4 is 5.32 Å². The van der Waals surface area contributed by atoms with Crippen LogP contribution in [0, 0.1) is 0 Å². The van der Waals surface area contributed by atoms with Crippen LogP contribution >= 0.6 is 11.3 Å². The van der Waals surface area contributed by atoms with Gasteiger partial charge >= 0.3 is 5.97 Å². The predicted octanol–water partition coefficient (Wildman–Crippen LogP) is 5.42. The first kappa shape index (κ1) is 22.5. The van der Waals surface area contributed by atoms with E-state index in [1.807, 2.05) is 78.2 Å². The number of nitrogens with zero attached hydrogens (tertiary/aromatic N) is 1. The number of carbonyl (C=O) groups excluding carboxylic acids is 2. The van der Waals surface area contributed by atoms with E-state index in [0.29, 0.717) is 18.1 Å². The van der Waals surface area contributed by atoms with Crippen LogP contribution in [0.5, 0.6) is 0 Å². The third-order valence-electron chi connectivity index (χ3n) is 5.14. The van der Waals surface area contributed by atoms with Gasteiger partial charge in [0.2, 0.25) is 5.91 Å². The van der Waals surface area contributed by atoms with Gasteiger partial charge in [-0.3, -0.25) is 9.59 Å². The first-order chi connectivity index (χ1) is 16.1. The van der Waals surface area contributed by atoms with Crippen molar-refractivity contribution < 1.29 is 18.7 Å². The number of aromatic nitrogens is 1. The van der Waals surface area contributed by atoms with Crippen molar-refractivity contribution in [1.29, 1.82) is 0 Å². The second-order valence-electron chi connectivity index (χ2n) is 7.43. The number of hydrogen-bond donors (Lipinski definition) is 1. The highest BCUT2D eigenvalue weighted by Crippen LogP contribution is 2.33. The molecule has 33 heavy (non-hydrogen) atoms. The molecule has 0 saturated heterocycles. The molecule has 0 spiro atoms. The molecule has 0 bridgehead atoms. The third kappa shape index (κ3) is 5.75. The number of esters is 1. The Bertz CT molecular complexity index is 1130. The molecule has 0 aliphatic heterocycles. The number of ether oxygens (including phenoxy) is 1. The molecular weight excluding hydrogens is 436 g/mol. The Morgan fingerprint density at radius 3 is 2.33 bits per heavy atom. The summed E-state index contributed by atoms with van der Waals surface area (Å²) in [6, 6.07) is 23.0. The molecule has 4 aromatic rings. The number of benzene rings is 2. The van der Waals surface area contributed by atoms with Crippen LogP contribution in [0.3, 0.4) is 0 Å². The van der Waals surface area contributed by atoms with E-state index in [1.54, 1.807) is 0 Å². The Morgan fingerprint density at radius 2 is 1.70 bits per heavy atom. The van der Waals surface area contributed by atoms with E-state index in [9.17, 15) is 9.59 Å². The van der Waals surface area contributed by atoms with Crippen LogP contribution in [0.2, 0.25) is 0 Å². The van der Waals surface area contributed by atoms with Crippen molar-refractivity contribution >= 4 is 23.2 Å². The summed E-state index contributed by atoms with van der Waals surface area (Å²) >= 11 is 1.49. The number of carbonyl (C=O) groups is 2. The second kappa shape index (κ2) is 10.7. The fraction of sp³-hybridized carbons (Fsp3) is 0.192. The summed E-state index contributed by atoms with van der Waals surface area (Å²) < 4.78 is 10.9. The van der Waals surface area contributed by atoms with E-state index in [0.717, 1.165) is 21.7 Å². The molecule has 2 aromatic carbocycles. The van der Waals surface area contributed by atoms with E-state index in [2.05, 4.69) is 5.32 Å². The maximum Gasteiger partial charge on any atom is 0.307 e. The van der Waals surface area contributed by atoms with E-state index < -0.39 is 6.04 Å². The van der Waals surface area contributed by atoms with Crippen LogP contribution in [0.1, 0.15) is 29.7 Å². The van der Waals surface area contributed by atoms with Crippen molar-refractivity contribution in [1.82, 2.24) is 10.3 Å². The lowest BCUT2D eigenvalue weighted by Crippen LogP contribution is -2.30. The number of hydrogen-bond acceptors (Lipinski definition) is 6. The summed E-state index contributed by atoms with van der Waals surface area (Å²) in [7, 11) is 1.34. The fourth-order valence-corrected chi connectivity index (χ4v) is 4.28. The van der Waals surface area contributed by atoms with Gasteiger partial charge in [0.15, 0.2) is 11.7 Å². The summed E-state index contributed by atoms with van der Waals surface area (Å²) in [5.74, 6) is 0.613. The Morgan fingerprint density at radius 1 is 1.00 bits per heavy atom. The average Bonchev–Trinajstić information content (AvgIpc) is 3.54. The zero-order valence-corrected chi connectivity index (χ0v) is 19.0. The Hall–Kier alpha value is -3.71. The number of thiophene rings is 1. The first-order valence-electron chi connectivity index (χ1n) is 10.6. The molecule has 2 aromatic heterocycles. The third-order valence-corrected chi connectivity index (χ3v) is 6.13. The van der Waals surface area contributed by atoms with Gasteiger partial charge in [0, 0.05) is 28.8 Å². The van der Waals surface area contributed by atoms with Crippen LogP contribution in [0.4, 0.5) is 0 Å². The van der Waals surface area contributed by atoms with Crippen LogP contribution in [-0.4, -0.2) is 24.0 Å². The number of amides is 1. The van der Waals surface area contributed by atoms with Gasteiger partial charge in [-0.2, -0.15) is 0 Å². The summed E-state index contributed by atoms with van der Waals surface area (Å²) in [5, 5.41) is 4.85. The van der Waals surface area contributed by atoms with Crippen molar-refractivity contribution in [3.63, 3.8) is 0 Å². The van der Waals surface area contributed by atoms with Crippen LogP contribution in [0.25, 0.3) is 22.6 Å². The minimum absolute atomic E-state index is 0.0814. The zero-order valence-electron chi connectivity index (χ0n) is 18.2. The second-order valence-corrected chi connectivity index (χ2v) is 8.41. The number of oxazole rings is 1. The zero-order chi connectivity index (χ0) is 23.0. The molecule has 0 radical (unpaired) electrons. The largest absolute Gasteiger partial charge is 0.469 e. The van der Waals surface area contributed by atoms with E-state index in [4.69, 9.17) is 14.1 Å². The lowest BCUT2D eigenvalue weighted by atomic mass is 10.1. The van der Waals surface area contributed by atoms with Crippen molar-refractivity contribution in [2.45, 2.75) is 25.3 Å². The monoisotopic (exact) mass is 460 g/mol. The van der Waals surface area contributed by atoms with E-state index in [-0.39, 0.29) is 24.7 Å². The topological polar surface area (TPSA) is 81.4 Å². The van der Waals surface area contributed by atoms with Crippen molar-refractivity contribution in [3.05, 3.63) is 88.9 Å². The molecule has 6 nitrogen and oxygen atoms in total. The number of rotatable bonds is 9. The normalized spacial score (nSPS) is 11.7. The Labute approximate surface area is 196 Å². The molecule has 4 rings (SSSR count). The molecular formula is C26H24N2O4S. The summed E-state index contributed by atoms with van der Waals surface area (Å²) in [6.45, 7) is 0. The lowest BCUT2D eigenvalue weighted by molar-refractivity contribution is -0.141. The van der Waals surface area contributed by atoms with E-state index in [1.165, 1.54) is 18.4 Å². The fourth-order valence-electron chi connectivity index (χ4n) is 3.50. The van der Waals surface area contributed by atoms with Gasteiger partial charge < -0.3 is 14.5 Å². The minimum Gasteiger partial charge on any atom is -0.469 e. The van der Waals surface area contributed by atoms with Crippen molar-refractivity contribution in [2.75, 3.05) is 7.11 Å². The minimum atomic E-state index is -0.422. The average molecular weight is 461 g/mol. The highest BCUT2D eigenvalue weighted by atomic mass is 32.1. The van der Waals surface area contributed by atoms with E-state index >= 15 is 0 Å². The van der Waals surface area contributed by atoms with Gasteiger partial charge in [0.1, 0.15) is 5.69 Å². The molecule has 168 valence electrons.